The van der Waals surface area contributed by atoms with E-state index in [0.29, 0.717) is 37.5 Å². The van der Waals surface area contributed by atoms with E-state index in [-0.39, 0.29) is 29.8 Å². The van der Waals surface area contributed by atoms with E-state index >= 15 is 0 Å². The summed E-state index contributed by atoms with van der Waals surface area (Å²) in [4.78, 5) is 27.6. The Hall–Kier alpha value is -1.63. The summed E-state index contributed by atoms with van der Waals surface area (Å²) in [5.41, 5.74) is 7.30. The number of benzene rings is 1. The normalized spacial score (nSPS) is 18.2. The lowest BCUT2D eigenvalue weighted by atomic mass is 9.78. The smallest absolute Gasteiger partial charge is 0.243 e. The summed E-state index contributed by atoms with van der Waals surface area (Å²) in [5.74, 6) is -0.530. The van der Waals surface area contributed by atoms with Gasteiger partial charge in [0.25, 0.3) is 0 Å². The number of rotatable bonds is 7. The first kappa shape index (κ1) is 22.7. The third-order valence-electron chi connectivity index (χ3n) is 5.44. The van der Waals surface area contributed by atoms with Crippen molar-refractivity contribution in [1.29, 1.82) is 0 Å². The monoisotopic (exact) mass is 409 g/mol. The number of hydrogen-bond donors (Lipinski definition) is 3. The summed E-state index contributed by atoms with van der Waals surface area (Å²) in [6.07, 6.45) is 1.84. The molecule has 0 aliphatic carbocycles. The highest BCUT2D eigenvalue weighted by Gasteiger charge is 2.40. The van der Waals surface area contributed by atoms with Crippen LogP contribution in [-0.2, 0) is 22.7 Å². The standard InChI is InChI=1S/C21H32ClN3O3/c1-21(2,3)17(8-10-26)20(28)25-9-4-5-18(25)19(27)24-13-15-11-16(22)7-6-14(15)12-23/h6-7,11,17-18,26H,4-5,8-10,12-13,23H2,1-3H3,(H,24,27). The molecule has 156 valence electrons. The summed E-state index contributed by atoms with van der Waals surface area (Å²) in [6.45, 7) is 7.18. The number of halogens is 1. The van der Waals surface area contributed by atoms with Crippen molar-refractivity contribution < 1.29 is 14.7 Å². The summed E-state index contributed by atoms with van der Waals surface area (Å²) in [7, 11) is 0. The molecule has 28 heavy (non-hydrogen) atoms. The number of nitrogens with two attached hydrogens (primary N) is 1. The Morgan fingerprint density at radius 3 is 2.68 bits per heavy atom. The van der Waals surface area contributed by atoms with Crippen LogP contribution < -0.4 is 11.1 Å². The fourth-order valence-corrected chi connectivity index (χ4v) is 4.01. The van der Waals surface area contributed by atoms with E-state index in [1.807, 2.05) is 26.8 Å². The molecule has 0 radical (unpaired) electrons. The molecule has 1 fully saturated rings. The molecule has 0 bridgehead atoms. The van der Waals surface area contributed by atoms with Gasteiger partial charge in [-0.25, -0.2) is 0 Å². The van der Waals surface area contributed by atoms with Crippen molar-refractivity contribution in [2.45, 2.75) is 59.2 Å². The number of hydrogen-bond acceptors (Lipinski definition) is 4. The summed E-state index contributed by atoms with van der Waals surface area (Å²) >= 11 is 6.06. The first-order valence-corrected chi connectivity index (χ1v) is 10.2. The van der Waals surface area contributed by atoms with E-state index in [2.05, 4.69) is 5.32 Å². The summed E-state index contributed by atoms with van der Waals surface area (Å²) in [6, 6.07) is 4.97. The zero-order valence-electron chi connectivity index (χ0n) is 17.0. The Labute approximate surface area is 172 Å². The van der Waals surface area contributed by atoms with Crippen LogP contribution in [0.5, 0.6) is 0 Å². The van der Waals surface area contributed by atoms with Crippen molar-refractivity contribution in [2.24, 2.45) is 17.1 Å². The van der Waals surface area contributed by atoms with Gasteiger partial charge in [0.2, 0.25) is 11.8 Å². The van der Waals surface area contributed by atoms with Crippen molar-refractivity contribution in [2.75, 3.05) is 13.2 Å². The predicted octanol–water partition coefficient (Wildman–Crippen LogP) is 2.45. The Morgan fingerprint density at radius 2 is 2.07 bits per heavy atom. The number of nitrogens with zero attached hydrogens (tertiary/aromatic N) is 1. The highest BCUT2D eigenvalue weighted by Crippen LogP contribution is 2.32. The maximum absolute atomic E-state index is 13.1. The maximum Gasteiger partial charge on any atom is 0.243 e. The lowest BCUT2D eigenvalue weighted by Gasteiger charge is -2.34. The van der Waals surface area contributed by atoms with Gasteiger partial charge in [-0.1, -0.05) is 38.4 Å². The Balaban J connectivity index is 2.08. The second kappa shape index (κ2) is 9.72. The topological polar surface area (TPSA) is 95.7 Å². The van der Waals surface area contributed by atoms with E-state index in [1.54, 1.807) is 17.0 Å². The average Bonchev–Trinajstić information content (AvgIpc) is 3.12. The van der Waals surface area contributed by atoms with Crippen LogP contribution in [-0.4, -0.2) is 41.0 Å². The summed E-state index contributed by atoms with van der Waals surface area (Å²) in [5, 5.41) is 12.9. The second-order valence-corrected chi connectivity index (χ2v) is 8.89. The summed E-state index contributed by atoms with van der Waals surface area (Å²) < 4.78 is 0. The van der Waals surface area contributed by atoms with Crippen LogP contribution in [0, 0.1) is 11.3 Å². The maximum atomic E-state index is 13.1. The van der Waals surface area contributed by atoms with Crippen LogP contribution in [0.3, 0.4) is 0 Å². The predicted molar refractivity (Wildman–Crippen MR) is 111 cm³/mol. The molecule has 7 heteroatoms. The van der Waals surface area contributed by atoms with E-state index in [1.165, 1.54) is 0 Å². The lowest BCUT2D eigenvalue weighted by molar-refractivity contribution is -0.145. The number of nitrogens with one attached hydrogen (secondary N) is 1. The van der Waals surface area contributed by atoms with Crippen LogP contribution in [0.1, 0.15) is 51.2 Å². The highest BCUT2D eigenvalue weighted by molar-refractivity contribution is 6.30. The number of aliphatic hydroxyl groups is 1. The molecule has 0 spiro atoms. The second-order valence-electron chi connectivity index (χ2n) is 8.46. The molecule has 1 aromatic carbocycles. The first-order valence-electron chi connectivity index (χ1n) is 9.85. The van der Waals surface area contributed by atoms with E-state index in [0.717, 1.165) is 17.5 Å². The number of carbonyl (C=O) groups excluding carboxylic acids is 2. The van der Waals surface area contributed by atoms with Crippen molar-refractivity contribution in [1.82, 2.24) is 10.2 Å². The van der Waals surface area contributed by atoms with Crippen molar-refractivity contribution in [3.8, 4) is 0 Å². The minimum atomic E-state index is -0.475. The van der Waals surface area contributed by atoms with Gasteiger partial charge in [-0.05, 0) is 47.9 Å². The molecule has 2 rings (SSSR count). The van der Waals surface area contributed by atoms with Gasteiger partial charge in [0.05, 0.1) is 0 Å². The van der Waals surface area contributed by atoms with Crippen LogP contribution in [0.15, 0.2) is 18.2 Å². The molecule has 1 aliphatic heterocycles. The van der Waals surface area contributed by atoms with Gasteiger partial charge < -0.3 is 21.1 Å². The minimum Gasteiger partial charge on any atom is -0.396 e. The Bertz CT molecular complexity index is 703. The molecule has 2 amide bonds. The van der Waals surface area contributed by atoms with Gasteiger partial charge in [0.1, 0.15) is 6.04 Å². The van der Waals surface area contributed by atoms with E-state index in [4.69, 9.17) is 17.3 Å². The van der Waals surface area contributed by atoms with Crippen LogP contribution in [0.25, 0.3) is 0 Å². The fraction of sp³-hybridized carbons (Fsp3) is 0.619. The minimum absolute atomic E-state index is 0.0466. The largest absolute Gasteiger partial charge is 0.396 e. The third-order valence-corrected chi connectivity index (χ3v) is 5.68. The molecule has 6 nitrogen and oxygen atoms in total. The number of likely N-dealkylation sites (tertiary alicyclic amines) is 1. The van der Waals surface area contributed by atoms with Crippen LogP contribution in [0.4, 0.5) is 0 Å². The third kappa shape index (κ3) is 5.46. The number of aliphatic hydroxyl groups excluding tert-OH is 1. The molecule has 4 N–H and O–H groups in total. The zero-order chi connectivity index (χ0) is 20.9. The molecule has 0 aromatic heterocycles. The molecular weight excluding hydrogens is 378 g/mol. The van der Waals surface area contributed by atoms with Crippen molar-refractivity contribution in [3.63, 3.8) is 0 Å². The SMILES string of the molecule is CC(C)(C)C(CCO)C(=O)N1CCCC1C(=O)NCc1cc(Cl)ccc1CN. The quantitative estimate of drug-likeness (QED) is 0.644. The van der Waals surface area contributed by atoms with Gasteiger partial charge in [-0.15, -0.1) is 0 Å². The average molecular weight is 410 g/mol. The Morgan fingerprint density at radius 1 is 1.36 bits per heavy atom. The van der Waals surface area contributed by atoms with Crippen molar-refractivity contribution >= 4 is 23.4 Å². The number of carbonyl (C=O) groups is 2. The van der Waals surface area contributed by atoms with E-state index < -0.39 is 6.04 Å². The molecule has 2 unspecified atom stereocenters. The highest BCUT2D eigenvalue weighted by atomic mass is 35.5. The number of amides is 2. The van der Waals surface area contributed by atoms with Gasteiger partial charge in [-0.3, -0.25) is 9.59 Å². The van der Waals surface area contributed by atoms with Gasteiger partial charge in [-0.2, -0.15) is 0 Å². The molecule has 1 heterocycles. The Kier molecular flexibility index (Phi) is 7.87. The van der Waals surface area contributed by atoms with E-state index in [9.17, 15) is 14.7 Å². The lowest BCUT2D eigenvalue weighted by Crippen LogP contribution is -2.49. The van der Waals surface area contributed by atoms with Crippen LogP contribution >= 0.6 is 11.6 Å². The van der Waals surface area contributed by atoms with Gasteiger partial charge >= 0.3 is 0 Å². The molecule has 0 saturated carbocycles. The molecule has 1 aliphatic rings. The van der Waals surface area contributed by atoms with Gasteiger partial charge in [0.15, 0.2) is 0 Å². The molecule has 1 aromatic rings. The molecule has 2 atom stereocenters. The molecule has 1 saturated heterocycles. The van der Waals surface area contributed by atoms with Crippen LogP contribution in [0.2, 0.25) is 5.02 Å². The molecular formula is C21H32ClN3O3. The van der Waals surface area contributed by atoms with Crippen molar-refractivity contribution in [3.05, 3.63) is 34.3 Å². The van der Waals surface area contributed by atoms with Gasteiger partial charge in [0, 0.05) is 37.2 Å². The zero-order valence-corrected chi connectivity index (χ0v) is 17.8. The fourth-order valence-electron chi connectivity index (χ4n) is 3.82. The first-order chi connectivity index (χ1) is 13.2.